The van der Waals surface area contributed by atoms with Crippen LogP contribution in [0.5, 0.6) is 5.75 Å². The molecule has 2 saturated heterocycles. The third-order valence-electron chi connectivity index (χ3n) is 5.52. The zero-order chi connectivity index (χ0) is 22.2. The van der Waals surface area contributed by atoms with E-state index in [4.69, 9.17) is 4.74 Å². The summed E-state index contributed by atoms with van der Waals surface area (Å²) in [5.41, 5.74) is 2.94. The molecule has 6 nitrogen and oxygen atoms in total. The molecule has 160 valence electrons. The van der Waals surface area contributed by atoms with Crippen LogP contribution in [0.4, 0.5) is 0 Å². The van der Waals surface area contributed by atoms with Gasteiger partial charge in [0, 0.05) is 11.1 Å². The maximum atomic E-state index is 12.7. The van der Waals surface area contributed by atoms with E-state index in [1.165, 1.54) is 0 Å². The normalized spacial score (nSPS) is 18.2. The number of rotatable bonds is 4. The highest BCUT2D eigenvalue weighted by atomic mass is 16.5. The Morgan fingerprint density at radius 1 is 1.06 bits per heavy atom. The number of para-hydroxylation sites is 1. The van der Waals surface area contributed by atoms with E-state index in [1.54, 1.807) is 35.2 Å². The number of hydrogen-bond donors (Lipinski definition) is 1. The van der Waals surface area contributed by atoms with Crippen molar-refractivity contribution in [1.82, 2.24) is 10.2 Å². The fourth-order valence-electron chi connectivity index (χ4n) is 3.77. The van der Waals surface area contributed by atoms with Crippen LogP contribution < -0.4 is 10.1 Å². The number of amides is 3. The van der Waals surface area contributed by atoms with Gasteiger partial charge in [-0.15, -0.1) is 0 Å². The van der Waals surface area contributed by atoms with Crippen molar-refractivity contribution in [1.29, 1.82) is 0 Å². The van der Waals surface area contributed by atoms with Crippen LogP contribution in [0.3, 0.4) is 0 Å². The number of likely N-dealkylation sites (tertiary alicyclic amines) is 1. The van der Waals surface area contributed by atoms with Crippen LogP contribution >= 0.6 is 0 Å². The molecule has 0 saturated carbocycles. The molecule has 1 N–H and O–H groups in total. The summed E-state index contributed by atoms with van der Waals surface area (Å²) in [6.07, 6.45) is 1.75. The third-order valence-corrected chi connectivity index (χ3v) is 5.52. The lowest BCUT2D eigenvalue weighted by Gasteiger charge is -2.39. The molecule has 2 aromatic rings. The predicted octanol–water partition coefficient (Wildman–Crippen LogP) is 3.32. The molecule has 0 unspecified atom stereocenters. The zero-order valence-electron chi connectivity index (χ0n) is 18.0. The Kier molecular flexibility index (Phi) is 5.39. The Morgan fingerprint density at radius 3 is 2.35 bits per heavy atom. The van der Waals surface area contributed by atoms with Crippen molar-refractivity contribution >= 4 is 23.8 Å². The number of ether oxygens (including phenoxy) is 1. The zero-order valence-corrected chi connectivity index (χ0v) is 18.0. The van der Waals surface area contributed by atoms with E-state index in [9.17, 15) is 14.4 Å². The molecular weight excluding hydrogens is 392 g/mol. The van der Waals surface area contributed by atoms with Gasteiger partial charge >= 0.3 is 0 Å². The minimum absolute atomic E-state index is 0.0145. The van der Waals surface area contributed by atoms with E-state index in [2.05, 4.69) is 32.2 Å². The summed E-state index contributed by atoms with van der Waals surface area (Å²) in [7, 11) is 0. The number of carbonyl (C=O) groups excluding carboxylic acids is 3. The van der Waals surface area contributed by atoms with Crippen LogP contribution in [-0.4, -0.2) is 41.8 Å². The van der Waals surface area contributed by atoms with Crippen molar-refractivity contribution in [2.75, 3.05) is 13.1 Å². The van der Waals surface area contributed by atoms with Crippen molar-refractivity contribution in [3.05, 3.63) is 70.8 Å². The predicted molar refractivity (Wildman–Crippen MR) is 118 cm³/mol. The minimum atomic E-state index is -0.357. The lowest BCUT2D eigenvalue weighted by molar-refractivity contribution is -0.124. The second-order valence-corrected chi connectivity index (χ2v) is 9.04. The highest BCUT2D eigenvalue weighted by Crippen LogP contribution is 2.32. The van der Waals surface area contributed by atoms with Crippen LogP contribution in [0.1, 0.15) is 48.7 Å². The molecule has 0 aromatic heterocycles. The average molecular weight is 418 g/mol. The van der Waals surface area contributed by atoms with E-state index < -0.39 is 0 Å². The van der Waals surface area contributed by atoms with E-state index in [-0.39, 0.29) is 35.7 Å². The van der Waals surface area contributed by atoms with Gasteiger partial charge in [0.15, 0.2) is 0 Å². The van der Waals surface area contributed by atoms with Gasteiger partial charge in [-0.2, -0.15) is 0 Å². The molecule has 2 aliphatic heterocycles. The lowest BCUT2D eigenvalue weighted by Crippen LogP contribution is -2.56. The maximum Gasteiger partial charge on any atom is 0.254 e. The topological polar surface area (TPSA) is 75.7 Å². The molecule has 31 heavy (non-hydrogen) atoms. The summed E-state index contributed by atoms with van der Waals surface area (Å²) in [6, 6.07) is 15.1. The Labute approximate surface area is 181 Å². The molecule has 0 atom stereocenters. The smallest absolute Gasteiger partial charge is 0.254 e. The van der Waals surface area contributed by atoms with Gasteiger partial charge in [0.05, 0.1) is 19.5 Å². The monoisotopic (exact) mass is 418 g/mol. The van der Waals surface area contributed by atoms with Crippen LogP contribution in [0.2, 0.25) is 0 Å². The van der Waals surface area contributed by atoms with Crippen LogP contribution in [0.15, 0.2) is 54.1 Å². The molecule has 0 bridgehead atoms. The van der Waals surface area contributed by atoms with Crippen molar-refractivity contribution < 1.29 is 19.1 Å². The first-order chi connectivity index (χ1) is 14.7. The maximum absolute atomic E-state index is 12.7. The molecule has 0 aliphatic carbocycles. The molecule has 3 amide bonds. The Morgan fingerprint density at radius 2 is 1.74 bits per heavy atom. The summed E-state index contributed by atoms with van der Waals surface area (Å²) < 4.78 is 6.17. The average Bonchev–Trinajstić information content (AvgIpc) is 3.01. The van der Waals surface area contributed by atoms with E-state index in [1.807, 2.05) is 18.2 Å². The number of nitrogens with zero attached hydrogens (tertiary/aromatic N) is 1. The summed E-state index contributed by atoms with van der Waals surface area (Å²) in [5.74, 6) is 0.184. The van der Waals surface area contributed by atoms with Gasteiger partial charge in [0.1, 0.15) is 11.9 Å². The summed E-state index contributed by atoms with van der Waals surface area (Å²) in [6.45, 7) is 7.56. The Balaban J connectivity index is 1.36. The van der Waals surface area contributed by atoms with Crippen LogP contribution in [0, 0.1) is 0 Å². The molecule has 4 rings (SSSR count). The van der Waals surface area contributed by atoms with Gasteiger partial charge in [0.25, 0.3) is 11.8 Å². The molecule has 2 aromatic carbocycles. The van der Waals surface area contributed by atoms with Gasteiger partial charge in [-0.05, 0) is 40.8 Å². The van der Waals surface area contributed by atoms with E-state index in [0.717, 1.165) is 16.9 Å². The van der Waals surface area contributed by atoms with E-state index >= 15 is 0 Å². The summed E-state index contributed by atoms with van der Waals surface area (Å²) >= 11 is 0. The van der Waals surface area contributed by atoms with Gasteiger partial charge in [-0.3, -0.25) is 19.7 Å². The van der Waals surface area contributed by atoms with Crippen LogP contribution in [-0.2, 0) is 15.0 Å². The van der Waals surface area contributed by atoms with Crippen molar-refractivity contribution in [2.24, 2.45) is 0 Å². The number of nitrogens with one attached hydrogen (secondary N) is 1. The molecular formula is C25H26N2O4. The van der Waals surface area contributed by atoms with Gasteiger partial charge in [-0.1, -0.05) is 51.1 Å². The second kappa shape index (κ2) is 8.02. The highest BCUT2D eigenvalue weighted by molar-refractivity contribution is 6.15. The first kappa shape index (κ1) is 20.8. The number of hydrogen-bond acceptors (Lipinski definition) is 4. The molecule has 0 spiro atoms. The molecule has 0 radical (unpaired) electrons. The lowest BCUT2D eigenvalue weighted by atomic mass is 9.86. The first-order valence-electron chi connectivity index (χ1n) is 10.4. The second-order valence-electron chi connectivity index (χ2n) is 9.04. The number of benzene rings is 2. The van der Waals surface area contributed by atoms with E-state index in [0.29, 0.717) is 24.2 Å². The standard InChI is InChI=1S/C25H26N2O4/c1-25(2,3)20-6-4-5-7-21(20)31-19-14-27(15-19)24(30)17-10-8-16(9-11-17)12-18-13-22(28)26-23(18)29/h4-12,19H,13-15H2,1-3H3,(H,26,28,29)/b18-12+. The van der Waals surface area contributed by atoms with Crippen molar-refractivity contribution in [3.63, 3.8) is 0 Å². The third kappa shape index (κ3) is 4.53. The van der Waals surface area contributed by atoms with Crippen molar-refractivity contribution in [2.45, 2.75) is 38.7 Å². The fourth-order valence-corrected chi connectivity index (χ4v) is 3.77. The minimum Gasteiger partial charge on any atom is -0.486 e. The molecule has 2 heterocycles. The molecule has 2 aliphatic rings. The molecule has 2 fully saturated rings. The Hall–Kier alpha value is -3.41. The van der Waals surface area contributed by atoms with Crippen molar-refractivity contribution in [3.8, 4) is 5.75 Å². The fraction of sp³-hybridized carbons (Fsp3) is 0.320. The number of carbonyl (C=O) groups is 3. The Bertz CT molecular complexity index is 1060. The van der Waals surface area contributed by atoms with Gasteiger partial charge < -0.3 is 9.64 Å². The summed E-state index contributed by atoms with van der Waals surface area (Å²) in [4.78, 5) is 37.5. The SMILES string of the molecule is CC(C)(C)c1ccccc1OC1CN(C(=O)c2ccc(/C=C3\CC(=O)NC3=O)cc2)C1. The quantitative estimate of drug-likeness (QED) is 0.611. The number of imide groups is 1. The van der Waals surface area contributed by atoms with Crippen LogP contribution in [0.25, 0.3) is 6.08 Å². The molecule has 6 heteroatoms. The summed E-state index contributed by atoms with van der Waals surface area (Å²) in [5, 5.41) is 2.26. The largest absolute Gasteiger partial charge is 0.486 e. The van der Waals surface area contributed by atoms with Gasteiger partial charge in [0.2, 0.25) is 5.91 Å². The van der Waals surface area contributed by atoms with Gasteiger partial charge in [-0.25, -0.2) is 0 Å². The first-order valence-corrected chi connectivity index (χ1v) is 10.4. The highest BCUT2D eigenvalue weighted by Gasteiger charge is 2.34.